The molecule has 0 radical (unpaired) electrons. The summed E-state index contributed by atoms with van der Waals surface area (Å²) < 4.78 is 0. The van der Waals surface area contributed by atoms with Gasteiger partial charge >= 0.3 is 0 Å². The summed E-state index contributed by atoms with van der Waals surface area (Å²) in [4.78, 5) is 20.5. The molecule has 0 aliphatic rings. The van der Waals surface area contributed by atoms with Gasteiger partial charge in [0.15, 0.2) is 0 Å². The van der Waals surface area contributed by atoms with Crippen LogP contribution in [0.4, 0.5) is 0 Å². The summed E-state index contributed by atoms with van der Waals surface area (Å²) >= 11 is 0. The third-order valence-corrected chi connectivity index (χ3v) is 2.88. The second-order valence-corrected chi connectivity index (χ2v) is 4.85. The summed E-state index contributed by atoms with van der Waals surface area (Å²) in [6.07, 6.45) is 2.61. The van der Waals surface area contributed by atoms with E-state index >= 15 is 0 Å². The van der Waals surface area contributed by atoms with Gasteiger partial charge in [0.2, 0.25) is 0 Å². The number of nitrogens with two attached hydrogens (primary N) is 1. The molecule has 1 aromatic rings. The van der Waals surface area contributed by atoms with Gasteiger partial charge in [-0.1, -0.05) is 13.0 Å². The van der Waals surface area contributed by atoms with E-state index in [9.17, 15) is 4.79 Å². The van der Waals surface area contributed by atoms with E-state index in [0.717, 1.165) is 31.6 Å². The van der Waals surface area contributed by atoms with Crippen LogP contribution in [0.3, 0.4) is 0 Å². The Hall–Kier alpha value is -1.46. The Morgan fingerprint density at radius 3 is 2.47 bits per heavy atom. The first-order valence-electron chi connectivity index (χ1n) is 6.67. The lowest BCUT2D eigenvalue weighted by molar-refractivity contribution is 0.0739. The van der Waals surface area contributed by atoms with Crippen molar-refractivity contribution < 1.29 is 4.79 Å². The number of carbonyl (C=O) groups excluding carboxylic acids is 1. The van der Waals surface area contributed by atoms with Gasteiger partial charge in [0, 0.05) is 32.4 Å². The Morgan fingerprint density at radius 1 is 1.26 bits per heavy atom. The van der Waals surface area contributed by atoms with Gasteiger partial charge in [0.25, 0.3) is 5.91 Å². The van der Waals surface area contributed by atoms with Gasteiger partial charge in [-0.2, -0.15) is 0 Å². The molecule has 0 saturated carbocycles. The van der Waals surface area contributed by atoms with Crippen molar-refractivity contribution in [1.29, 1.82) is 0 Å². The number of aromatic nitrogens is 1. The number of carbonyl (C=O) groups is 1. The van der Waals surface area contributed by atoms with Crippen LogP contribution in [0, 0.1) is 0 Å². The lowest BCUT2D eigenvalue weighted by Crippen LogP contribution is -2.37. The van der Waals surface area contributed by atoms with Crippen molar-refractivity contribution in [2.75, 3.05) is 33.7 Å². The smallest absolute Gasteiger partial charge is 0.272 e. The highest BCUT2D eigenvalue weighted by Gasteiger charge is 2.16. The number of amides is 1. The standard InChI is InChI=1S/C14H24N4O/c1-4-7-18(9-8-17(2)3)14(19)13-6-5-12(10-15)11-16-13/h5-6,11H,4,7-10,15H2,1-3H3. The Balaban J connectivity index is 2.73. The van der Waals surface area contributed by atoms with Crippen molar-refractivity contribution in [2.24, 2.45) is 5.73 Å². The third kappa shape index (κ3) is 4.96. The maximum atomic E-state index is 12.4. The van der Waals surface area contributed by atoms with Gasteiger partial charge in [-0.05, 0) is 32.1 Å². The fourth-order valence-corrected chi connectivity index (χ4v) is 1.74. The van der Waals surface area contributed by atoms with Crippen LogP contribution in [0.2, 0.25) is 0 Å². The molecule has 0 saturated heterocycles. The van der Waals surface area contributed by atoms with Gasteiger partial charge < -0.3 is 15.5 Å². The lowest BCUT2D eigenvalue weighted by atomic mass is 10.2. The van der Waals surface area contributed by atoms with Crippen LogP contribution in [0.5, 0.6) is 0 Å². The van der Waals surface area contributed by atoms with E-state index in [4.69, 9.17) is 5.73 Å². The van der Waals surface area contributed by atoms with Crippen molar-refractivity contribution >= 4 is 5.91 Å². The second kappa shape index (κ2) is 7.86. The van der Waals surface area contributed by atoms with Crippen LogP contribution in [0.25, 0.3) is 0 Å². The zero-order chi connectivity index (χ0) is 14.3. The molecule has 5 heteroatoms. The molecular weight excluding hydrogens is 240 g/mol. The summed E-state index contributed by atoms with van der Waals surface area (Å²) in [7, 11) is 4.01. The van der Waals surface area contributed by atoms with Crippen LogP contribution < -0.4 is 5.73 Å². The molecule has 106 valence electrons. The highest BCUT2D eigenvalue weighted by molar-refractivity contribution is 5.92. The number of likely N-dealkylation sites (N-methyl/N-ethyl adjacent to an activating group) is 1. The average molecular weight is 264 g/mol. The molecule has 1 aromatic heterocycles. The van der Waals surface area contributed by atoms with Gasteiger partial charge in [0.05, 0.1) is 0 Å². The van der Waals surface area contributed by atoms with E-state index in [-0.39, 0.29) is 5.91 Å². The fraction of sp³-hybridized carbons (Fsp3) is 0.571. The van der Waals surface area contributed by atoms with Gasteiger partial charge in [-0.3, -0.25) is 9.78 Å². The second-order valence-electron chi connectivity index (χ2n) is 4.85. The minimum atomic E-state index is -0.00716. The number of nitrogens with zero attached hydrogens (tertiary/aromatic N) is 3. The van der Waals surface area contributed by atoms with Crippen molar-refractivity contribution in [1.82, 2.24) is 14.8 Å². The van der Waals surface area contributed by atoms with Crippen LogP contribution in [-0.4, -0.2) is 54.4 Å². The van der Waals surface area contributed by atoms with E-state index in [2.05, 4.69) is 16.8 Å². The molecule has 0 aliphatic heterocycles. The Bertz CT molecular complexity index is 389. The summed E-state index contributed by atoms with van der Waals surface area (Å²) in [6, 6.07) is 3.61. The van der Waals surface area contributed by atoms with Crippen molar-refractivity contribution in [2.45, 2.75) is 19.9 Å². The Kier molecular flexibility index (Phi) is 6.45. The predicted molar refractivity (Wildman–Crippen MR) is 76.9 cm³/mol. The van der Waals surface area contributed by atoms with Crippen molar-refractivity contribution in [3.63, 3.8) is 0 Å². The molecular formula is C14H24N4O. The maximum absolute atomic E-state index is 12.4. The fourth-order valence-electron chi connectivity index (χ4n) is 1.74. The van der Waals surface area contributed by atoms with E-state index in [0.29, 0.717) is 12.2 Å². The van der Waals surface area contributed by atoms with Gasteiger partial charge in [0.1, 0.15) is 5.69 Å². The first kappa shape index (κ1) is 15.6. The maximum Gasteiger partial charge on any atom is 0.272 e. The van der Waals surface area contributed by atoms with Crippen LogP contribution in [0.1, 0.15) is 29.4 Å². The first-order chi connectivity index (χ1) is 9.08. The van der Waals surface area contributed by atoms with Gasteiger partial charge in [-0.25, -0.2) is 0 Å². The molecule has 0 bridgehead atoms. The zero-order valence-electron chi connectivity index (χ0n) is 12.1. The number of hydrogen-bond donors (Lipinski definition) is 1. The zero-order valence-corrected chi connectivity index (χ0v) is 12.1. The molecule has 19 heavy (non-hydrogen) atoms. The van der Waals surface area contributed by atoms with Crippen molar-refractivity contribution in [3.8, 4) is 0 Å². The number of rotatable bonds is 7. The summed E-state index contributed by atoms with van der Waals surface area (Å²) in [5.41, 5.74) is 6.95. The molecule has 1 heterocycles. The molecule has 2 N–H and O–H groups in total. The van der Waals surface area contributed by atoms with E-state index in [1.807, 2.05) is 25.1 Å². The number of pyridine rings is 1. The lowest BCUT2D eigenvalue weighted by Gasteiger charge is -2.23. The molecule has 0 aliphatic carbocycles. The number of hydrogen-bond acceptors (Lipinski definition) is 4. The minimum Gasteiger partial charge on any atom is -0.336 e. The highest BCUT2D eigenvalue weighted by atomic mass is 16.2. The highest BCUT2D eigenvalue weighted by Crippen LogP contribution is 2.05. The Labute approximate surface area is 115 Å². The molecule has 0 spiro atoms. The average Bonchev–Trinajstić information content (AvgIpc) is 2.42. The molecule has 5 nitrogen and oxygen atoms in total. The normalized spacial score (nSPS) is 10.8. The SMILES string of the molecule is CCCN(CCN(C)C)C(=O)c1ccc(CN)cn1. The van der Waals surface area contributed by atoms with E-state index < -0.39 is 0 Å². The van der Waals surface area contributed by atoms with Crippen LogP contribution in [0.15, 0.2) is 18.3 Å². The van der Waals surface area contributed by atoms with Crippen LogP contribution in [-0.2, 0) is 6.54 Å². The summed E-state index contributed by atoms with van der Waals surface area (Å²) in [6.45, 7) is 4.85. The molecule has 1 amide bonds. The minimum absolute atomic E-state index is 0.00716. The van der Waals surface area contributed by atoms with E-state index in [1.165, 1.54) is 0 Å². The quantitative estimate of drug-likeness (QED) is 0.796. The Morgan fingerprint density at radius 2 is 2.00 bits per heavy atom. The first-order valence-corrected chi connectivity index (χ1v) is 6.67. The van der Waals surface area contributed by atoms with Gasteiger partial charge in [-0.15, -0.1) is 0 Å². The molecule has 0 aromatic carbocycles. The molecule has 0 fully saturated rings. The topological polar surface area (TPSA) is 62.5 Å². The molecule has 0 atom stereocenters. The van der Waals surface area contributed by atoms with Crippen molar-refractivity contribution in [3.05, 3.63) is 29.6 Å². The predicted octanol–water partition coefficient (Wildman–Crippen LogP) is 0.954. The molecule has 0 unspecified atom stereocenters. The van der Waals surface area contributed by atoms with E-state index in [1.54, 1.807) is 12.3 Å². The monoisotopic (exact) mass is 264 g/mol. The largest absolute Gasteiger partial charge is 0.336 e. The summed E-state index contributed by atoms with van der Waals surface area (Å²) in [5.74, 6) is -0.00716. The van der Waals surface area contributed by atoms with Crippen LogP contribution >= 0.6 is 0 Å². The summed E-state index contributed by atoms with van der Waals surface area (Å²) in [5, 5.41) is 0. The third-order valence-electron chi connectivity index (χ3n) is 2.88. The molecule has 1 rings (SSSR count).